The number of thiazole rings is 1. The lowest BCUT2D eigenvalue weighted by molar-refractivity contribution is 0.0950. The molecule has 2 aromatic rings. The van der Waals surface area contributed by atoms with E-state index < -0.39 is 0 Å². The number of piperazine rings is 1. The fourth-order valence-electron chi connectivity index (χ4n) is 2.86. The molecule has 0 bridgehead atoms. The number of benzene rings is 1. The largest absolute Gasteiger partial charge is 0.350 e. The summed E-state index contributed by atoms with van der Waals surface area (Å²) in [5.74, 6) is -0.306. The number of halogens is 1. The SMILES string of the molecule is Cc1nc(Cc2ccc(F)cc2)sc1C(=O)NCCN1CCNCC1. The van der Waals surface area contributed by atoms with Gasteiger partial charge in [-0.05, 0) is 24.6 Å². The topological polar surface area (TPSA) is 57.3 Å². The molecule has 1 fully saturated rings. The maximum atomic E-state index is 13.0. The van der Waals surface area contributed by atoms with Gasteiger partial charge in [0.1, 0.15) is 10.7 Å². The number of aryl methyl sites for hydroxylation is 1. The lowest BCUT2D eigenvalue weighted by atomic mass is 10.1. The Labute approximate surface area is 151 Å². The Morgan fingerprint density at radius 1 is 1.32 bits per heavy atom. The lowest BCUT2D eigenvalue weighted by Gasteiger charge is -2.27. The molecule has 0 unspecified atom stereocenters. The van der Waals surface area contributed by atoms with Gasteiger partial charge in [0, 0.05) is 45.7 Å². The van der Waals surface area contributed by atoms with Crippen molar-refractivity contribution < 1.29 is 9.18 Å². The third kappa shape index (κ3) is 5.07. The van der Waals surface area contributed by atoms with Crippen molar-refractivity contribution in [2.45, 2.75) is 13.3 Å². The first kappa shape index (κ1) is 18.0. The zero-order valence-corrected chi connectivity index (χ0v) is 15.2. The lowest BCUT2D eigenvalue weighted by Crippen LogP contribution is -2.46. The normalized spacial score (nSPS) is 15.3. The van der Waals surface area contributed by atoms with E-state index in [0.717, 1.165) is 49.0 Å². The Morgan fingerprint density at radius 3 is 2.76 bits per heavy atom. The molecule has 5 nitrogen and oxygen atoms in total. The van der Waals surface area contributed by atoms with Gasteiger partial charge >= 0.3 is 0 Å². The number of nitrogens with zero attached hydrogens (tertiary/aromatic N) is 2. The monoisotopic (exact) mass is 362 g/mol. The Bertz CT molecular complexity index is 710. The van der Waals surface area contributed by atoms with Crippen LogP contribution < -0.4 is 10.6 Å². The first-order chi connectivity index (χ1) is 12.1. The van der Waals surface area contributed by atoms with E-state index in [2.05, 4.69) is 20.5 Å². The summed E-state index contributed by atoms with van der Waals surface area (Å²) in [7, 11) is 0. The number of hydrogen-bond donors (Lipinski definition) is 2. The highest BCUT2D eigenvalue weighted by molar-refractivity contribution is 7.13. The number of hydrogen-bond acceptors (Lipinski definition) is 5. The molecular weight excluding hydrogens is 339 g/mol. The molecule has 0 saturated carbocycles. The number of rotatable bonds is 6. The first-order valence-electron chi connectivity index (χ1n) is 8.54. The zero-order valence-electron chi connectivity index (χ0n) is 14.3. The molecule has 0 aliphatic carbocycles. The average Bonchev–Trinajstić information content (AvgIpc) is 2.98. The molecule has 2 N–H and O–H groups in total. The van der Waals surface area contributed by atoms with Crippen molar-refractivity contribution >= 4 is 17.2 Å². The van der Waals surface area contributed by atoms with Crippen molar-refractivity contribution in [3.63, 3.8) is 0 Å². The molecule has 1 amide bonds. The van der Waals surface area contributed by atoms with E-state index in [-0.39, 0.29) is 11.7 Å². The highest BCUT2D eigenvalue weighted by atomic mass is 32.1. The minimum Gasteiger partial charge on any atom is -0.350 e. The van der Waals surface area contributed by atoms with Crippen LogP contribution in [0.4, 0.5) is 4.39 Å². The van der Waals surface area contributed by atoms with Crippen LogP contribution in [0.1, 0.15) is 25.9 Å². The Kier molecular flexibility index (Phi) is 6.12. The van der Waals surface area contributed by atoms with Crippen LogP contribution in [-0.2, 0) is 6.42 Å². The van der Waals surface area contributed by atoms with Crippen LogP contribution in [0.15, 0.2) is 24.3 Å². The molecule has 25 heavy (non-hydrogen) atoms. The Balaban J connectivity index is 1.53. The third-order valence-electron chi connectivity index (χ3n) is 4.24. The summed E-state index contributed by atoms with van der Waals surface area (Å²) in [6, 6.07) is 6.39. The molecular formula is C18H23FN4OS. The standard InChI is InChI=1S/C18H23FN4OS/c1-13-17(18(24)21-8-11-23-9-6-20-7-10-23)25-16(22-13)12-14-2-4-15(19)5-3-14/h2-5,20H,6-12H2,1H3,(H,21,24). The fourth-order valence-corrected chi connectivity index (χ4v) is 3.87. The number of aromatic nitrogens is 1. The van der Waals surface area contributed by atoms with Crippen molar-refractivity contribution in [2.75, 3.05) is 39.3 Å². The van der Waals surface area contributed by atoms with Gasteiger partial charge in [-0.25, -0.2) is 9.37 Å². The summed E-state index contributed by atoms with van der Waals surface area (Å²) >= 11 is 1.41. The molecule has 0 atom stereocenters. The van der Waals surface area contributed by atoms with Gasteiger partial charge in [0.25, 0.3) is 5.91 Å². The van der Waals surface area contributed by atoms with Gasteiger partial charge in [-0.2, -0.15) is 0 Å². The predicted octanol–water partition coefficient (Wildman–Crippen LogP) is 1.82. The van der Waals surface area contributed by atoms with Crippen LogP contribution >= 0.6 is 11.3 Å². The van der Waals surface area contributed by atoms with Crippen molar-refractivity contribution in [3.05, 3.63) is 51.2 Å². The number of carbonyl (C=O) groups is 1. The summed E-state index contributed by atoms with van der Waals surface area (Å²) in [5.41, 5.74) is 1.74. The van der Waals surface area contributed by atoms with Crippen LogP contribution in [0.3, 0.4) is 0 Å². The third-order valence-corrected chi connectivity index (χ3v) is 5.40. The number of amides is 1. The van der Waals surface area contributed by atoms with E-state index in [1.165, 1.54) is 23.5 Å². The van der Waals surface area contributed by atoms with Crippen molar-refractivity contribution in [1.82, 2.24) is 20.5 Å². The maximum absolute atomic E-state index is 13.0. The van der Waals surface area contributed by atoms with Gasteiger partial charge < -0.3 is 10.6 Å². The zero-order chi connectivity index (χ0) is 17.6. The van der Waals surface area contributed by atoms with Crippen LogP contribution in [0.2, 0.25) is 0 Å². The van der Waals surface area contributed by atoms with Crippen LogP contribution in [0.5, 0.6) is 0 Å². The summed E-state index contributed by atoms with van der Waals surface area (Å²) in [5, 5.41) is 7.18. The van der Waals surface area contributed by atoms with E-state index in [1.54, 1.807) is 12.1 Å². The molecule has 1 aromatic carbocycles. The second kappa shape index (κ2) is 8.51. The highest BCUT2D eigenvalue weighted by Crippen LogP contribution is 2.21. The summed E-state index contributed by atoms with van der Waals surface area (Å²) in [6.45, 7) is 7.44. The highest BCUT2D eigenvalue weighted by Gasteiger charge is 2.16. The minimum absolute atomic E-state index is 0.0597. The molecule has 0 spiro atoms. The van der Waals surface area contributed by atoms with Gasteiger partial charge in [-0.1, -0.05) is 12.1 Å². The summed E-state index contributed by atoms with van der Waals surface area (Å²) in [6.07, 6.45) is 0.611. The van der Waals surface area contributed by atoms with Crippen molar-refractivity contribution in [2.24, 2.45) is 0 Å². The molecule has 1 aliphatic rings. The predicted molar refractivity (Wildman–Crippen MR) is 97.7 cm³/mol. The van der Waals surface area contributed by atoms with E-state index in [0.29, 0.717) is 17.8 Å². The van der Waals surface area contributed by atoms with Crippen LogP contribution in [-0.4, -0.2) is 55.1 Å². The van der Waals surface area contributed by atoms with E-state index in [9.17, 15) is 9.18 Å². The van der Waals surface area contributed by atoms with Crippen molar-refractivity contribution in [1.29, 1.82) is 0 Å². The Morgan fingerprint density at radius 2 is 2.04 bits per heavy atom. The fraction of sp³-hybridized carbons (Fsp3) is 0.444. The van der Waals surface area contributed by atoms with Gasteiger partial charge in [0.15, 0.2) is 0 Å². The summed E-state index contributed by atoms with van der Waals surface area (Å²) < 4.78 is 13.0. The number of carbonyl (C=O) groups excluding carboxylic acids is 1. The first-order valence-corrected chi connectivity index (χ1v) is 9.35. The van der Waals surface area contributed by atoms with E-state index >= 15 is 0 Å². The number of nitrogens with one attached hydrogen (secondary N) is 2. The molecule has 0 radical (unpaired) electrons. The molecule has 1 aromatic heterocycles. The molecule has 7 heteroatoms. The van der Waals surface area contributed by atoms with Crippen LogP contribution in [0.25, 0.3) is 0 Å². The molecule has 1 saturated heterocycles. The second-order valence-corrected chi connectivity index (χ2v) is 7.26. The quantitative estimate of drug-likeness (QED) is 0.823. The van der Waals surface area contributed by atoms with E-state index in [1.807, 2.05) is 6.92 Å². The van der Waals surface area contributed by atoms with Crippen molar-refractivity contribution in [3.8, 4) is 0 Å². The van der Waals surface area contributed by atoms with Gasteiger partial charge in [0.2, 0.25) is 0 Å². The second-order valence-electron chi connectivity index (χ2n) is 6.17. The van der Waals surface area contributed by atoms with Gasteiger partial charge in [-0.15, -0.1) is 11.3 Å². The maximum Gasteiger partial charge on any atom is 0.263 e. The minimum atomic E-state index is -0.247. The van der Waals surface area contributed by atoms with Crippen LogP contribution in [0, 0.1) is 12.7 Å². The van der Waals surface area contributed by atoms with Gasteiger partial charge in [-0.3, -0.25) is 9.69 Å². The molecule has 134 valence electrons. The molecule has 3 rings (SSSR count). The van der Waals surface area contributed by atoms with Gasteiger partial charge in [0.05, 0.1) is 10.7 Å². The molecule has 2 heterocycles. The smallest absolute Gasteiger partial charge is 0.263 e. The average molecular weight is 362 g/mol. The Hall–Kier alpha value is -1.83. The van der Waals surface area contributed by atoms with E-state index in [4.69, 9.17) is 0 Å². The summed E-state index contributed by atoms with van der Waals surface area (Å²) in [4.78, 5) is 19.9. The molecule has 1 aliphatic heterocycles.